The summed E-state index contributed by atoms with van der Waals surface area (Å²) in [5.41, 5.74) is -0.159. The molecule has 1 aromatic heterocycles. The summed E-state index contributed by atoms with van der Waals surface area (Å²) >= 11 is 0. The molecule has 3 rings (SSSR count). The SMILES string of the molecule is FC(F)c1cc(N2CCOCC2)nc(C2CC2)n1. The maximum absolute atomic E-state index is 12.8. The van der Waals surface area contributed by atoms with Gasteiger partial charge in [0.15, 0.2) is 0 Å². The predicted molar refractivity (Wildman–Crippen MR) is 62.0 cm³/mol. The zero-order chi connectivity index (χ0) is 12.5. The van der Waals surface area contributed by atoms with E-state index in [0.717, 1.165) is 12.8 Å². The number of hydrogen-bond acceptors (Lipinski definition) is 4. The van der Waals surface area contributed by atoms with Crippen molar-refractivity contribution in [3.8, 4) is 0 Å². The van der Waals surface area contributed by atoms with Crippen LogP contribution in [0, 0.1) is 0 Å². The van der Waals surface area contributed by atoms with Gasteiger partial charge in [0.2, 0.25) is 0 Å². The second-order valence-corrected chi connectivity index (χ2v) is 4.68. The number of anilines is 1. The maximum atomic E-state index is 12.8. The summed E-state index contributed by atoms with van der Waals surface area (Å²) < 4.78 is 30.9. The number of nitrogens with zero attached hydrogens (tertiary/aromatic N) is 3. The van der Waals surface area contributed by atoms with Crippen LogP contribution >= 0.6 is 0 Å². The molecule has 2 fully saturated rings. The third-order valence-electron chi connectivity index (χ3n) is 3.25. The lowest BCUT2D eigenvalue weighted by Crippen LogP contribution is -2.37. The molecular formula is C12H15F2N3O. The van der Waals surface area contributed by atoms with Crippen LogP contribution in [0.4, 0.5) is 14.6 Å². The van der Waals surface area contributed by atoms with Crippen molar-refractivity contribution in [1.82, 2.24) is 9.97 Å². The lowest BCUT2D eigenvalue weighted by Gasteiger charge is -2.28. The molecule has 0 unspecified atom stereocenters. The molecule has 0 spiro atoms. The van der Waals surface area contributed by atoms with Gasteiger partial charge in [-0.25, -0.2) is 18.7 Å². The molecule has 0 amide bonds. The number of rotatable bonds is 3. The van der Waals surface area contributed by atoms with Crippen molar-refractivity contribution in [3.63, 3.8) is 0 Å². The fraction of sp³-hybridized carbons (Fsp3) is 0.667. The molecule has 1 aliphatic carbocycles. The number of morpholine rings is 1. The maximum Gasteiger partial charge on any atom is 0.280 e. The van der Waals surface area contributed by atoms with Crippen LogP contribution in [-0.4, -0.2) is 36.3 Å². The molecule has 2 heterocycles. The van der Waals surface area contributed by atoms with Gasteiger partial charge >= 0.3 is 0 Å². The van der Waals surface area contributed by atoms with Gasteiger partial charge < -0.3 is 9.64 Å². The van der Waals surface area contributed by atoms with Gasteiger partial charge in [0.1, 0.15) is 17.3 Å². The Balaban J connectivity index is 1.91. The summed E-state index contributed by atoms with van der Waals surface area (Å²) in [6.45, 7) is 2.63. The minimum atomic E-state index is -2.54. The molecule has 0 atom stereocenters. The van der Waals surface area contributed by atoms with Crippen molar-refractivity contribution in [3.05, 3.63) is 17.6 Å². The summed E-state index contributed by atoms with van der Waals surface area (Å²) in [7, 11) is 0. The number of ether oxygens (including phenoxy) is 1. The van der Waals surface area contributed by atoms with Crippen molar-refractivity contribution in [2.24, 2.45) is 0 Å². The molecule has 1 aliphatic heterocycles. The summed E-state index contributed by atoms with van der Waals surface area (Å²) in [5.74, 6) is 1.48. The highest BCUT2D eigenvalue weighted by molar-refractivity contribution is 5.41. The van der Waals surface area contributed by atoms with E-state index in [4.69, 9.17) is 4.74 Å². The lowest BCUT2D eigenvalue weighted by atomic mass is 10.3. The van der Waals surface area contributed by atoms with Crippen molar-refractivity contribution in [1.29, 1.82) is 0 Å². The monoisotopic (exact) mass is 255 g/mol. The molecule has 6 heteroatoms. The van der Waals surface area contributed by atoms with Gasteiger partial charge in [-0.1, -0.05) is 0 Å². The molecule has 1 aromatic rings. The molecule has 0 bridgehead atoms. The van der Waals surface area contributed by atoms with E-state index >= 15 is 0 Å². The molecule has 0 N–H and O–H groups in total. The zero-order valence-corrected chi connectivity index (χ0v) is 9.98. The summed E-state index contributed by atoms with van der Waals surface area (Å²) in [6.07, 6.45) is -0.518. The van der Waals surface area contributed by atoms with Crippen LogP contribution in [-0.2, 0) is 4.74 Å². The van der Waals surface area contributed by atoms with Crippen molar-refractivity contribution in [2.75, 3.05) is 31.2 Å². The van der Waals surface area contributed by atoms with E-state index in [1.807, 2.05) is 4.90 Å². The van der Waals surface area contributed by atoms with E-state index < -0.39 is 6.43 Å². The van der Waals surface area contributed by atoms with Crippen LogP contribution in [0.5, 0.6) is 0 Å². The van der Waals surface area contributed by atoms with Crippen molar-refractivity contribution in [2.45, 2.75) is 25.2 Å². The van der Waals surface area contributed by atoms with E-state index in [-0.39, 0.29) is 11.6 Å². The van der Waals surface area contributed by atoms with E-state index in [0.29, 0.717) is 37.9 Å². The summed E-state index contributed by atoms with van der Waals surface area (Å²) in [4.78, 5) is 10.4. The minimum absolute atomic E-state index is 0.159. The largest absolute Gasteiger partial charge is 0.378 e. The number of aromatic nitrogens is 2. The quantitative estimate of drug-likeness (QED) is 0.829. The molecule has 18 heavy (non-hydrogen) atoms. The Morgan fingerprint density at radius 1 is 1.22 bits per heavy atom. The molecule has 0 radical (unpaired) electrons. The molecule has 98 valence electrons. The Bertz CT molecular complexity index is 411. The number of alkyl halides is 2. The number of hydrogen-bond donors (Lipinski definition) is 0. The molecular weight excluding hydrogens is 240 g/mol. The highest BCUT2D eigenvalue weighted by Gasteiger charge is 2.29. The predicted octanol–water partition coefficient (Wildman–Crippen LogP) is 2.13. The first kappa shape index (κ1) is 11.8. The third kappa shape index (κ3) is 2.43. The second kappa shape index (κ2) is 4.76. The standard InChI is InChI=1S/C12H15F2N3O/c13-11(14)9-7-10(17-3-5-18-6-4-17)16-12(15-9)8-1-2-8/h7-8,11H,1-6H2. The molecule has 4 nitrogen and oxygen atoms in total. The Morgan fingerprint density at radius 3 is 2.56 bits per heavy atom. The highest BCUT2D eigenvalue weighted by Crippen LogP contribution is 2.39. The van der Waals surface area contributed by atoms with E-state index in [1.165, 1.54) is 6.07 Å². The topological polar surface area (TPSA) is 38.2 Å². The van der Waals surface area contributed by atoms with Gasteiger partial charge in [-0.15, -0.1) is 0 Å². The Labute approximate surface area is 104 Å². The average molecular weight is 255 g/mol. The van der Waals surface area contributed by atoms with E-state index in [1.54, 1.807) is 0 Å². The summed E-state index contributed by atoms with van der Waals surface area (Å²) in [6, 6.07) is 1.40. The van der Waals surface area contributed by atoms with Crippen LogP contribution in [0.15, 0.2) is 6.07 Å². The van der Waals surface area contributed by atoms with Crippen molar-refractivity contribution < 1.29 is 13.5 Å². The number of halogens is 2. The first-order valence-corrected chi connectivity index (χ1v) is 6.24. The van der Waals surface area contributed by atoms with Crippen LogP contribution < -0.4 is 4.90 Å². The molecule has 1 saturated heterocycles. The average Bonchev–Trinajstić information content (AvgIpc) is 3.23. The van der Waals surface area contributed by atoms with Gasteiger partial charge in [-0.05, 0) is 12.8 Å². The smallest absolute Gasteiger partial charge is 0.280 e. The first-order chi connectivity index (χ1) is 8.74. The normalized spacial score (nSPS) is 20.5. The van der Waals surface area contributed by atoms with Gasteiger partial charge in [-0.3, -0.25) is 0 Å². The van der Waals surface area contributed by atoms with Gasteiger partial charge in [0.25, 0.3) is 6.43 Å². The first-order valence-electron chi connectivity index (χ1n) is 6.24. The van der Waals surface area contributed by atoms with Gasteiger partial charge in [0.05, 0.1) is 13.2 Å². The van der Waals surface area contributed by atoms with E-state index in [9.17, 15) is 8.78 Å². The van der Waals surface area contributed by atoms with Gasteiger partial charge in [0, 0.05) is 25.1 Å². The Kier molecular flexibility index (Phi) is 3.11. The molecule has 2 aliphatic rings. The van der Waals surface area contributed by atoms with Crippen LogP contribution in [0.25, 0.3) is 0 Å². The van der Waals surface area contributed by atoms with Crippen molar-refractivity contribution >= 4 is 5.82 Å². The molecule has 0 aromatic carbocycles. The van der Waals surface area contributed by atoms with Gasteiger partial charge in [-0.2, -0.15) is 0 Å². The Morgan fingerprint density at radius 2 is 1.94 bits per heavy atom. The molecule has 1 saturated carbocycles. The van der Waals surface area contributed by atoms with Crippen LogP contribution in [0.3, 0.4) is 0 Å². The van der Waals surface area contributed by atoms with Crippen LogP contribution in [0.2, 0.25) is 0 Å². The highest BCUT2D eigenvalue weighted by atomic mass is 19.3. The van der Waals surface area contributed by atoms with Crippen LogP contribution in [0.1, 0.15) is 36.7 Å². The zero-order valence-electron chi connectivity index (χ0n) is 9.98. The minimum Gasteiger partial charge on any atom is -0.378 e. The fourth-order valence-electron chi connectivity index (χ4n) is 2.06. The summed E-state index contributed by atoms with van der Waals surface area (Å²) in [5, 5.41) is 0. The lowest BCUT2D eigenvalue weighted by molar-refractivity contribution is 0.122. The Hall–Kier alpha value is -1.30. The fourth-order valence-corrected chi connectivity index (χ4v) is 2.06. The third-order valence-corrected chi connectivity index (χ3v) is 3.25. The van der Waals surface area contributed by atoms with E-state index in [2.05, 4.69) is 9.97 Å². The second-order valence-electron chi connectivity index (χ2n) is 4.68.